The maximum atomic E-state index is 3.65. The van der Waals surface area contributed by atoms with Gasteiger partial charge in [-0.2, -0.15) is 0 Å². The number of nitrogens with one attached hydrogen (secondary N) is 1. The molecule has 2 aliphatic rings. The fraction of sp³-hybridized carbons (Fsp3) is 1.00. The molecule has 1 N–H and O–H groups in total. The highest BCUT2D eigenvalue weighted by molar-refractivity contribution is 4.82. The van der Waals surface area contributed by atoms with Gasteiger partial charge in [-0.05, 0) is 52.4 Å². The first-order valence-electron chi connectivity index (χ1n) is 7.45. The Morgan fingerprint density at radius 1 is 1.18 bits per heavy atom. The van der Waals surface area contributed by atoms with Crippen LogP contribution in [-0.2, 0) is 0 Å². The third-order valence-corrected chi connectivity index (χ3v) is 4.45. The number of hydrogen-bond donors (Lipinski definition) is 1. The van der Waals surface area contributed by atoms with Gasteiger partial charge in [-0.3, -0.25) is 0 Å². The van der Waals surface area contributed by atoms with Gasteiger partial charge in [-0.1, -0.05) is 13.3 Å². The van der Waals surface area contributed by atoms with Gasteiger partial charge in [0.2, 0.25) is 0 Å². The van der Waals surface area contributed by atoms with E-state index in [9.17, 15) is 0 Å². The van der Waals surface area contributed by atoms with E-state index in [1.807, 2.05) is 0 Å². The molecule has 2 unspecified atom stereocenters. The number of likely N-dealkylation sites (N-methyl/N-ethyl adjacent to an activating group) is 1. The van der Waals surface area contributed by atoms with Crippen LogP contribution in [0.2, 0.25) is 0 Å². The fourth-order valence-electron chi connectivity index (χ4n) is 3.19. The van der Waals surface area contributed by atoms with Crippen LogP contribution in [0, 0.1) is 0 Å². The average Bonchev–Trinajstić information content (AvgIpc) is 2.57. The van der Waals surface area contributed by atoms with Crippen molar-refractivity contribution in [2.24, 2.45) is 0 Å². The monoisotopic (exact) mass is 239 g/mol. The molecule has 2 heterocycles. The summed E-state index contributed by atoms with van der Waals surface area (Å²) in [5, 5.41) is 3.65. The SMILES string of the molecule is CCC1CN(CC2CCCCN2C)CCCN1. The molecule has 2 fully saturated rings. The summed E-state index contributed by atoms with van der Waals surface area (Å²) in [6, 6.07) is 1.52. The molecule has 0 spiro atoms. The highest BCUT2D eigenvalue weighted by Gasteiger charge is 2.23. The summed E-state index contributed by atoms with van der Waals surface area (Å²) in [4.78, 5) is 5.27. The highest BCUT2D eigenvalue weighted by atomic mass is 15.2. The van der Waals surface area contributed by atoms with Crippen molar-refractivity contribution >= 4 is 0 Å². The van der Waals surface area contributed by atoms with Crippen LogP contribution >= 0.6 is 0 Å². The van der Waals surface area contributed by atoms with Gasteiger partial charge in [-0.15, -0.1) is 0 Å². The predicted molar refractivity (Wildman–Crippen MR) is 73.4 cm³/mol. The number of hydrogen-bond acceptors (Lipinski definition) is 3. The standard InChI is InChI=1S/C14H29N3/c1-3-13-11-17(10-6-8-15-13)12-14-7-4-5-9-16(14)2/h13-15H,3-12H2,1-2H3. The number of piperidine rings is 1. The first-order valence-corrected chi connectivity index (χ1v) is 7.45. The van der Waals surface area contributed by atoms with Crippen LogP contribution in [0.5, 0.6) is 0 Å². The number of rotatable bonds is 3. The molecular weight excluding hydrogens is 210 g/mol. The van der Waals surface area contributed by atoms with Gasteiger partial charge >= 0.3 is 0 Å². The van der Waals surface area contributed by atoms with Crippen LogP contribution in [0.3, 0.4) is 0 Å². The van der Waals surface area contributed by atoms with Crippen molar-refractivity contribution in [1.82, 2.24) is 15.1 Å². The Balaban J connectivity index is 1.83. The van der Waals surface area contributed by atoms with Crippen molar-refractivity contribution in [1.29, 1.82) is 0 Å². The lowest BCUT2D eigenvalue weighted by Gasteiger charge is -2.36. The minimum atomic E-state index is 0.714. The Labute approximate surface area is 107 Å². The van der Waals surface area contributed by atoms with Crippen molar-refractivity contribution in [3.63, 3.8) is 0 Å². The van der Waals surface area contributed by atoms with Crippen molar-refractivity contribution in [3.05, 3.63) is 0 Å². The molecule has 100 valence electrons. The number of likely N-dealkylation sites (tertiary alicyclic amines) is 1. The van der Waals surface area contributed by atoms with E-state index < -0.39 is 0 Å². The largest absolute Gasteiger partial charge is 0.313 e. The molecule has 2 aliphatic heterocycles. The smallest absolute Gasteiger partial charge is 0.0220 e. The molecule has 0 aromatic heterocycles. The predicted octanol–water partition coefficient (Wildman–Crippen LogP) is 1.54. The van der Waals surface area contributed by atoms with E-state index in [1.165, 1.54) is 64.8 Å². The second-order valence-corrected chi connectivity index (χ2v) is 5.80. The summed E-state index contributed by atoms with van der Waals surface area (Å²) < 4.78 is 0. The van der Waals surface area contributed by atoms with E-state index in [0.717, 1.165) is 6.04 Å². The second kappa shape index (κ2) is 6.72. The molecule has 0 amide bonds. The Hall–Kier alpha value is -0.120. The summed E-state index contributed by atoms with van der Waals surface area (Å²) in [6.07, 6.45) is 6.80. The van der Waals surface area contributed by atoms with Gasteiger partial charge in [0.25, 0.3) is 0 Å². The maximum Gasteiger partial charge on any atom is 0.0220 e. The lowest BCUT2D eigenvalue weighted by molar-refractivity contribution is 0.127. The van der Waals surface area contributed by atoms with Gasteiger partial charge in [0.15, 0.2) is 0 Å². The van der Waals surface area contributed by atoms with E-state index in [4.69, 9.17) is 0 Å². The molecule has 17 heavy (non-hydrogen) atoms. The molecule has 0 bridgehead atoms. The topological polar surface area (TPSA) is 18.5 Å². The summed E-state index contributed by atoms with van der Waals surface area (Å²) in [5.74, 6) is 0. The van der Waals surface area contributed by atoms with Crippen LogP contribution in [0.25, 0.3) is 0 Å². The van der Waals surface area contributed by atoms with Gasteiger partial charge in [0.1, 0.15) is 0 Å². The van der Waals surface area contributed by atoms with Gasteiger partial charge in [0, 0.05) is 25.2 Å². The van der Waals surface area contributed by atoms with Crippen LogP contribution < -0.4 is 5.32 Å². The second-order valence-electron chi connectivity index (χ2n) is 5.80. The average molecular weight is 239 g/mol. The normalized spacial score (nSPS) is 33.5. The molecule has 0 aromatic rings. The Bertz CT molecular complexity index is 220. The molecule has 0 radical (unpaired) electrons. The minimum absolute atomic E-state index is 0.714. The van der Waals surface area contributed by atoms with Gasteiger partial charge < -0.3 is 15.1 Å². The zero-order valence-corrected chi connectivity index (χ0v) is 11.6. The van der Waals surface area contributed by atoms with Crippen molar-refractivity contribution in [3.8, 4) is 0 Å². The van der Waals surface area contributed by atoms with Crippen molar-refractivity contribution in [2.45, 2.75) is 51.1 Å². The van der Waals surface area contributed by atoms with Crippen LogP contribution in [0.4, 0.5) is 0 Å². The van der Waals surface area contributed by atoms with E-state index >= 15 is 0 Å². The summed E-state index contributed by atoms with van der Waals surface area (Å²) in [6.45, 7) is 8.63. The molecule has 3 heteroatoms. The molecule has 0 saturated carbocycles. The molecular formula is C14H29N3. The van der Waals surface area contributed by atoms with E-state index in [1.54, 1.807) is 0 Å². The fourth-order valence-corrected chi connectivity index (χ4v) is 3.19. The lowest BCUT2D eigenvalue weighted by Crippen LogP contribution is -2.47. The van der Waals surface area contributed by atoms with E-state index in [2.05, 4.69) is 29.1 Å². The van der Waals surface area contributed by atoms with Crippen LogP contribution in [-0.4, -0.2) is 61.7 Å². The quantitative estimate of drug-likeness (QED) is 0.806. The van der Waals surface area contributed by atoms with Crippen molar-refractivity contribution < 1.29 is 0 Å². The molecule has 0 aliphatic carbocycles. The first-order chi connectivity index (χ1) is 8.29. The lowest BCUT2D eigenvalue weighted by atomic mass is 10.0. The van der Waals surface area contributed by atoms with Crippen LogP contribution in [0.15, 0.2) is 0 Å². The first kappa shape index (κ1) is 13.3. The molecule has 2 saturated heterocycles. The number of nitrogens with zero attached hydrogens (tertiary/aromatic N) is 2. The van der Waals surface area contributed by atoms with Crippen molar-refractivity contribution in [2.75, 3.05) is 39.8 Å². The van der Waals surface area contributed by atoms with Crippen LogP contribution in [0.1, 0.15) is 39.0 Å². The molecule has 3 nitrogen and oxygen atoms in total. The third kappa shape index (κ3) is 3.94. The third-order valence-electron chi connectivity index (χ3n) is 4.45. The molecule has 0 aromatic carbocycles. The van der Waals surface area contributed by atoms with Gasteiger partial charge in [0.05, 0.1) is 0 Å². The Kier molecular flexibility index (Phi) is 5.26. The zero-order chi connectivity index (χ0) is 12.1. The molecule has 2 rings (SSSR count). The Morgan fingerprint density at radius 3 is 2.82 bits per heavy atom. The molecule has 2 atom stereocenters. The van der Waals surface area contributed by atoms with Gasteiger partial charge in [-0.25, -0.2) is 0 Å². The maximum absolute atomic E-state index is 3.65. The highest BCUT2D eigenvalue weighted by Crippen LogP contribution is 2.17. The van der Waals surface area contributed by atoms with E-state index in [0.29, 0.717) is 6.04 Å². The minimum Gasteiger partial charge on any atom is -0.313 e. The summed E-state index contributed by atoms with van der Waals surface area (Å²) in [7, 11) is 2.30. The Morgan fingerprint density at radius 2 is 2.06 bits per heavy atom. The zero-order valence-electron chi connectivity index (χ0n) is 11.6. The summed E-state index contributed by atoms with van der Waals surface area (Å²) >= 11 is 0. The van der Waals surface area contributed by atoms with E-state index in [-0.39, 0.29) is 0 Å². The summed E-state index contributed by atoms with van der Waals surface area (Å²) in [5.41, 5.74) is 0.